The zero-order valence-electron chi connectivity index (χ0n) is 15.4. The molecule has 3 rings (SSSR count). The third kappa shape index (κ3) is 4.86. The van der Waals surface area contributed by atoms with Crippen molar-refractivity contribution in [2.45, 2.75) is 18.9 Å². The molecule has 0 spiro atoms. The third-order valence-corrected chi connectivity index (χ3v) is 4.72. The molecule has 1 unspecified atom stereocenters. The average molecular weight is 428 g/mol. The molecule has 7 nitrogen and oxygen atoms in total. The van der Waals surface area contributed by atoms with Gasteiger partial charge in [-0.15, -0.1) is 0 Å². The summed E-state index contributed by atoms with van der Waals surface area (Å²) in [7, 11) is 1.28. The smallest absolute Gasteiger partial charge is 0.257 e. The lowest BCUT2D eigenvalue weighted by molar-refractivity contribution is 0.0485. The van der Waals surface area contributed by atoms with Crippen LogP contribution in [0.5, 0.6) is 5.88 Å². The van der Waals surface area contributed by atoms with Crippen molar-refractivity contribution in [3.63, 3.8) is 0 Å². The predicted molar refractivity (Wildman–Crippen MR) is 96.9 cm³/mol. The van der Waals surface area contributed by atoms with Gasteiger partial charge < -0.3 is 14.4 Å². The van der Waals surface area contributed by atoms with E-state index in [-0.39, 0.29) is 29.3 Å². The fourth-order valence-electron chi connectivity index (χ4n) is 2.99. The Morgan fingerprint density at radius 2 is 2.03 bits per heavy atom. The van der Waals surface area contributed by atoms with Gasteiger partial charge in [0.15, 0.2) is 5.82 Å². The minimum Gasteiger partial charge on any atom is -0.472 e. The topological polar surface area (TPSA) is 84.2 Å². The van der Waals surface area contributed by atoms with Gasteiger partial charge in [-0.1, -0.05) is 0 Å². The third-order valence-electron chi connectivity index (χ3n) is 4.55. The minimum absolute atomic E-state index is 0.0311. The average Bonchev–Trinajstić information content (AvgIpc) is 2.71. The second kappa shape index (κ2) is 9.24. The fourth-order valence-corrected chi connectivity index (χ4v) is 3.15. The first-order chi connectivity index (χ1) is 13.9. The molecule has 3 heterocycles. The summed E-state index contributed by atoms with van der Waals surface area (Å²) in [5.41, 5.74) is -0.187. The fraction of sp³-hybridized carbons (Fsp3) is 0.444. The van der Waals surface area contributed by atoms with Gasteiger partial charge in [0.25, 0.3) is 5.88 Å². The second-order valence-corrected chi connectivity index (χ2v) is 6.72. The Morgan fingerprint density at radius 3 is 2.66 bits per heavy atom. The second-order valence-electron chi connectivity index (χ2n) is 6.38. The Morgan fingerprint density at radius 1 is 1.31 bits per heavy atom. The van der Waals surface area contributed by atoms with E-state index in [1.54, 1.807) is 4.90 Å². The lowest BCUT2D eigenvalue weighted by Crippen LogP contribution is -2.34. The van der Waals surface area contributed by atoms with Crippen LogP contribution in [0.3, 0.4) is 0 Å². The molecule has 1 aliphatic heterocycles. The standard InChI is InChI=1S/C18H17ClF3N5O2/c1-28-13(15-12(21)6-11(20)8-24-15)9-29-17-14(22)16(25-18(19)26-17)27-4-2-10(7-23)3-5-27/h6,8,10,13H,2-5,9H2,1H3. The molecule has 0 bridgehead atoms. The quantitative estimate of drug-likeness (QED) is 0.653. The largest absolute Gasteiger partial charge is 0.472 e. The van der Waals surface area contributed by atoms with E-state index in [0.29, 0.717) is 32.0 Å². The van der Waals surface area contributed by atoms with E-state index in [4.69, 9.17) is 26.3 Å². The first-order valence-corrected chi connectivity index (χ1v) is 9.14. The molecule has 1 fully saturated rings. The molecule has 0 radical (unpaired) electrons. The first kappa shape index (κ1) is 21.1. The van der Waals surface area contributed by atoms with Gasteiger partial charge in [-0.05, 0) is 24.4 Å². The summed E-state index contributed by atoms with van der Waals surface area (Å²) in [4.78, 5) is 13.0. The highest BCUT2D eigenvalue weighted by atomic mass is 35.5. The van der Waals surface area contributed by atoms with Crippen molar-refractivity contribution in [2.24, 2.45) is 5.92 Å². The highest BCUT2D eigenvalue weighted by molar-refractivity contribution is 6.28. The highest BCUT2D eigenvalue weighted by Crippen LogP contribution is 2.30. The van der Waals surface area contributed by atoms with Crippen molar-refractivity contribution in [3.8, 4) is 11.9 Å². The molecule has 2 aromatic heterocycles. The van der Waals surface area contributed by atoms with E-state index >= 15 is 0 Å². The van der Waals surface area contributed by atoms with Crippen LogP contribution < -0.4 is 9.64 Å². The molecule has 0 aromatic carbocycles. The lowest BCUT2D eigenvalue weighted by atomic mass is 9.99. The molecule has 2 aromatic rings. The number of aromatic nitrogens is 3. The van der Waals surface area contributed by atoms with Crippen LogP contribution in [0.4, 0.5) is 19.0 Å². The Hall–Kier alpha value is -2.64. The zero-order valence-corrected chi connectivity index (χ0v) is 16.2. The Balaban J connectivity index is 1.77. The number of nitrogens with zero attached hydrogens (tertiary/aromatic N) is 5. The number of piperidine rings is 1. The van der Waals surface area contributed by atoms with Crippen molar-refractivity contribution < 1.29 is 22.6 Å². The van der Waals surface area contributed by atoms with Gasteiger partial charge in [-0.2, -0.15) is 19.6 Å². The van der Waals surface area contributed by atoms with Crippen molar-refractivity contribution in [1.82, 2.24) is 15.0 Å². The van der Waals surface area contributed by atoms with Crippen molar-refractivity contribution in [2.75, 3.05) is 31.7 Å². The summed E-state index contributed by atoms with van der Waals surface area (Å²) >= 11 is 5.91. The Kier molecular flexibility index (Phi) is 6.71. The van der Waals surface area contributed by atoms with Crippen molar-refractivity contribution in [3.05, 3.63) is 40.7 Å². The van der Waals surface area contributed by atoms with E-state index in [0.717, 1.165) is 6.20 Å². The van der Waals surface area contributed by atoms with Crippen LogP contribution >= 0.6 is 11.6 Å². The summed E-state index contributed by atoms with van der Waals surface area (Å²) in [6.45, 7) is 0.535. The van der Waals surface area contributed by atoms with Gasteiger partial charge in [0, 0.05) is 32.2 Å². The first-order valence-electron chi connectivity index (χ1n) is 8.77. The van der Waals surface area contributed by atoms with Crippen LogP contribution in [0.25, 0.3) is 0 Å². The van der Waals surface area contributed by atoms with Crippen LogP contribution in [0, 0.1) is 34.7 Å². The van der Waals surface area contributed by atoms with Gasteiger partial charge in [0.2, 0.25) is 11.1 Å². The molecule has 0 saturated carbocycles. The van der Waals surface area contributed by atoms with Crippen LogP contribution in [0.2, 0.25) is 5.28 Å². The predicted octanol–water partition coefficient (Wildman–Crippen LogP) is 3.45. The molecule has 1 atom stereocenters. The number of halogens is 4. The van der Waals surface area contributed by atoms with Crippen LogP contribution in [-0.2, 0) is 4.74 Å². The number of methoxy groups -OCH3 is 1. The lowest BCUT2D eigenvalue weighted by Gasteiger charge is -2.30. The molecule has 29 heavy (non-hydrogen) atoms. The summed E-state index contributed by atoms with van der Waals surface area (Å²) in [6, 6.07) is 2.86. The highest BCUT2D eigenvalue weighted by Gasteiger charge is 2.26. The van der Waals surface area contributed by atoms with Crippen LogP contribution in [0.1, 0.15) is 24.6 Å². The number of rotatable bonds is 6. The molecule has 1 aliphatic rings. The summed E-state index contributed by atoms with van der Waals surface area (Å²) in [5.74, 6) is -3.11. The van der Waals surface area contributed by atoms with Crippen molar-refractivity contribution in [1.29, 1.82) is 5.26 Å². The van der Waals surface area contributed by atoms with Crippen LogP contribution in [-0.4, -0.2) is 41.8 Å². The Labute approximate surface area is 170 Å². The van der Waals surface area contributed by atoms with Gasteiger partial charge in [0.05, 0.1) is 12.3 Å². The maximum absolute atomic E-state index is 14.9. The van der Waals surface area contributed by atoms with Gasteiger partial charge >= 0.3 is 0 Å². The number of hydrogen-bond donors (Lipinski definition) is 0. The van der Waals surface area contributed by atoms with Gasteiger partial charge in [0.1, 0.15) is 30.0 Å². The number of hydrogen-bond acceptors (Lipinski definition) is 7. The SMILES string of the molecule is COC(COc1nc(Cl)nc(N2CCC(C#N)CC2)c1F)c1ncc(F)cc1F. The maximum atomic E-state index is 14.9. The monoisotopic (exact) mass is 427 g/mol. The molecule has 154 valence electrons. The van der Waals surface area contributed by atoms with E-state index in [2.05, 4.69) is 21.0 Å². The number of nitriles is 1. The van der Waals surface area contributed by atoms with E-state index in [1.807, 2.05) is 0 Å². The zero-order chi connectivity index (χ0) is 21.0. The number of anilines is 1. The van der Waals surface area contributed by atoms with E-state index < -0.39 is 29.4 Å². The van der Waals surface area contributed by atoms with Crippen LogP contribution in [0.15, 0.2) is 12.3 Å². The van der Waals surface area contributed by atoms with Gasteiger partial charge in [-0.25, -0.2) is 8.78 Å². The minimum atomic E-state index is -1.03. The molecule has 11 heteroatoms. The Bertz CT molecular complexity index is 919. The molecule has 0 amide bonds. The number of ether oxygens (including phenoxy) is 2. The van der Waals surface area contributed by atoms with Gasteiger partial charge in [-0.3, -0.25) is 4.98 Å². The van der Waals surface area contributed by atoms with E-state index in [1.165, 1.54) is 7.11 Å². The molecule has 0 N–H and O–H groups in total. The molecule has 1 saturated heterocycles. The van der Waals surface area contributed by atoms with E-state index in [9.17, 15) is 13.2 Å². The number of pyridine rings is 1. The normalized spacial score (nSPS) is 15.8. The summed E-state index contributed by atoms with van der Waals surface area (Å²) in [6.07, 6.45) is 0.970. The molecular weight excluding hydrogens is 411 g/mol. The summed E-state index contributed by atoms with van der Waals surface area (Å²) < 4.78 is 52.4. The van der Waals surface area contributed by atoms with Crippen molar-refractivity contribution >= 4 is 17.4 Å². The maximum Gasteiger partial charge on any atom is 0.257 e. The molecule has 0 aliphatic carbocycles. The molecular formula is C18H17ClF3N5O2. The summed E-state index contributed by atoms with van der Waals surface area (Å²) in [5, 5.41) is 8.77.